The molecule has 0 saturated heterocycles. The second-order valence-electron chi connectivity index (χ2n) is 6.25. The van der Waals surface area contributed by atoms with Crippen LogP contribution >= 0.6 is 34.8 Å². The second-order valence-corrected chi connectivity index (χ2v) is 7.44. The molecular formula is C21H20Cl3F3N2O2. The van der Waals surface area contributed by atoms with Crippen molar-refractivity contribution in [2.75, 3.05) is 6.54 Å². The number of rotatable bonds is 5. The van der Waals surface area contributed by atoms with E-state index in [4.69, 9.17) is 34.8 Å². The number of primary amides is 1. The molecule has 0 aliphatic carbocycles. The fraction of sp³-hybridized carbons (Fsp3) is 0.238. The minimum absolute atomic E-state index is 0.0109. The summed E-state index contributed by atoms with van der Waals surface area (Å²) in [5, 5.41) is 2.27. The minimum atomic E-state index is -4.53. The number of nitrogens with two attached hydrogens (primary N) is 1. The summed E-state index contributed by atoms with van der Waals surface area (Å²) in [6, 6.07) is 8.10. The Kier molecular flexibility index (Phi) is 10.4. The number of nitrogens with one attached hydrogen (secondary N) is 1. The molecule has 1 unspecified atom stereocenters. The first-order chi connectivity index (χ1) is 14.4. The van der Waals surface area contributed by atoms with Gasteiger partial charge in [0.15, 0.2) is 5.78 Å². The van der Waals surface area contributed by atoms with Gasteiger partial charge in [0, 0.05) is 12.1 Å². The third-order valence-electron chi connectivity index (χ3n) is 3.87. The zero-order valence-electron chi connectivity index (χ0n) is 16.6. The Labute approximate surface area is 193 Å². The number of Topliss-reactive ketones (excluding diaryl/α,β-unsaturated/α-hetero) is 1. The first-order valence-corrected chi connectivity index (χ1v) is 10.0. The highest BCUT2D eigenvalue weighted by atomic mass is 35.5. The van der Waals surface area contributed by atoms with Crippen LogP contribution in [0, 0.1) is 0 Å². The Bertz CT molecular complexity index is 923. The Hall–Kier alpha value is -2.22. The molecule has 0 fully saturated rings. The van der Waals surface area contributed by atoms with Crippen molar-refractivity contribution in [2.24, 2.45) is 5.73 Å². The lowest BCUT2D eigenvalue weighted by Gasteiger charge is -2.18. The number of benzene rings is 2. The van der Waals surface area contributed by atoms with Crippen molar-refractivity contribution in [3.05, 3.63) is 74.2 Å². The van der Waals surface area contributed by atoms with Crippen LogP contribution in [0.25, 0.3) is 6.08 Å². The molecule has 2 amide bonds. The third-order valence-corrected chi connectivity index (χ3v) is 5.06. The number of allylic oxidation sites excluding steroid dienone is 1. The maximum atomic E-state index is 13.4. The van der Waals surface area contributed by atoms with Crippen molar-refractivity contribution in [3.8, 4) is 0 Å². The van der Waals surface area contributed by atoms with E-state index in [1.807, 2.05) is 6.92 Å². The smallest absolute Gasteiger partial charge is 0.352 e. The van der Waals surface area contributed by atoms with E-state index in [1.54, 1.807) is 24.3 Å². The monoisotopic (exact) mass is 494 g/mol. The molecule has 0 heterocycles. The zero-order chi connectivity index (χ0) is 23.8. The lowest BCUT2D eigenvalue weighted by atomic mass is 9.97. The highest BCUT2D eigenvalue weighted by molar-refractivity contribution is 6.48. The van der Waals surface area contributed by atoms with Gasteiger partial charge < -0.3 is 11.1 Å². The number of carbonyl (C=O) groups excluding carboxylic acids is 2. The minimum Gasteiger partial charge on any atom is -0.352 e. The van der Waals surface area contributed by atoms with E-state index in [2.05, 4.69) is 11.1 Å². The van der Waals surface area contributed by atoms with Gasteiger partial charge in [-0.3, -0.25) is 4.79 Å². The van der Waals surface area contributed by atoms with E-state index in [0.29, 0.717) is 17.7 Å². The summed E-state index contributed by atoms with van der Waals surface area (Å²) in [4.78, 5) is 20.9. The van der Waals surface area contributed by atoms with Crippen molar-refractivity contribution in [1.82, 2.24) is 5.32 Å². The molecule has 0 saturated carbocycles. The van der Waals surface area contributed by atoms with Gasteiger partial charge in [-0.05, 0) is 37.1 Å². The van der Waals surface area contributed by atoms with Gasteiger partial charge in [-0.2, -0.15) is 13.2 Å². The molecule has 2 aromatic rings. The molecule has 2 rings (SSSR count). The Balaban J connectivity index is 0.000000703. The Morgan fingerprint density at radius 1 is 1.10 bits per heavy atom. The van der Waals surface area contributed by atoms with Crippen molar-refractivity contribution in [3.63, 3.8) is 0 Å². The van der Waals surface area contributed by atoms with Crippen LogP contribution in [0.15, 0.2) is 42.5 Å². The van der Waals surface area contributed by atoms with E-state index in [9.17, 15) is 22.8 Å². The number of alkyl halides is 3. The number of amides is 2. The van der Waals surface area contributed by atoms with Gasteiger partial charge in [0.05, 0.1) is 21.0 Å². The van der Waals surface area contributed by atoms with Crippen LogP contribution in [-0.2, 0) is 0 Å². The largest absolute Gasteiger partial charge is 0.399 e. The predicted molar refractivity (Wildman–Crippen MR) is 119 cm³/mol. The molecule has 168 valence electrons. The van der Waals surface area contributed by atoms with Gasteiger partial charge in [0.25, 0.3) is 0 Å². The van der Waals surface area contributed by atoms with E-state index in [0.717, 1.165) is 18.2 Å². The van der Waals surface area contributed by atoms with E-state index < -0.39 is 18.1 Å². The first kappa shape index (κ1) is 26.8. The molecule has 0 spiro atoms. The topological polar surface area (TPSA) is 72.2 Å². The summed E-state index contributed by atoms with van der Waals surface area (Å²) in [5.41, 5.74) is 5.56. The van der Waals surface area contributed by atoms with Gasteiger partial charge in [0.1, 0.15) is 0 Å². The molecule has 1 atom stereocenters. The van der Waals surface area contributed by atoms with Gasteiger partial charge in [-0.25, -0.2) is 4.79 Å². The highest BCUT2D eigenvalue weighted by Gasteiger charge is 2.39. The van der Waals surface area contributed by atoms with Gasteiger partial charge in [-0.15, -0.1) is 0 Å². The number of urea groups is 1. The quantitative estimate of drug-likeness (QED) is 0.350. The van der Waals surface area contributed by atoms with Crippen LogP contribution in [0.1, 0.15) is 41.3 Å². The second kappa shape index (κ2) is 12.0. The maximum Gasteiger partial charge on any atom is 0.399 e. The number of hydrogen-bond donors (Lipinski definition) is 2. The van der Waals surface area contributed by atoms with Crippen molar-refractivity contribution in [1.29, 1.82) is 0 Å². The van der Waals surface area contributed by atoms with Gasteiger partial charge in [0.2, 0.25) is 0 Å². The molecule has 4 nitrogen and oxygen atoms in total. The van der Waals surface area contributed by atoms with Crippen LogP contribution in [0.5, 0.6) is 0 Å². The number of hydrogen-bond acceptors (Lipinski definition) is 2. The van der Waals surface area contributed by atoms with Crippen LogP contribution in [-0.4, -0.2) is 24.5 Å². The predicted octanol–water partition coefficient (Wildman–Crippen LogP) is 6.88. The molecule has 31 heavy (non-hydrogen) atoms. The summed E-state index contributed by atoms with van der Waals surface area (Å²) in [6.45, 7) is 3.83. The molecular weight excluding hydrogens is 476 g/mol. The normalized spacial score (nSPS) is 12.1. The summed E-state index contributed by atoms with van der Waals surface area (Å²) in [6.07, 6.45) is -2.19. The first-order valence-electron chi connectivity index (χ1n) is 8.90. The molecule has 2 aromatic carbocycles. The van der Waals surface area contributed by atoms with Crippen LogP contribution in [0.2, 0.25) is 15.1 Å². The van der Waals surface area contributed by atoms with Crippen LogP contribution in [0.4, 0.5) is 18.0 Å². The van der Waals surface area contributed by atoms with Gasteiger partial charge in [-0.1, -0.05) is 71.2 Å². The molecule has 3 N–H and O–H groups in total. The van der Waals surface area contributed by atoms with Crippen LogP contribution < -0.4 is 11.1 Å². The van der Waals surface area contributed by atoms with E-state index in [1.165, 1.54) is 13.0 Å². The fourth-order valence-electron chi connectivity index (χ4n) is 2.37. The van der Waals surface area contributed by atoms with Crippen molar-refractivity contribution >= 4 is 52.7 Å². The highest BCUT2D eigenvalue weighted by Crippen LogP contribution is 2.41. The molecule has 10 heteroatoms. The summed E-state index contributed by atoms with van der Waals surface area (Å²) < 4.78 is 40.3. The third kappa shape index (κ3) is 8.81. The standard InChI is InChI=1S/C18H12Cl3F3O.C3H8N2O/c1-10(25)12-5-2-11(3-6-12)4-7-14(18(22,23)24)13-8-15(19)17(21)16(20)9-13;1-2-5-3(4)6/h2-9,14H,1H3;2H2,1H3,(H3,4,5,6)/b7-4+;. The molecule has 0 bridgehead atoms. The van der Waals surface area contributed by atoms with E-state index >= 15 is 0 Å². The SMILES string of the molecule is CC(=O)c1ccc(/C=C/C(c2cc(Cl)c(Cl)c(Cl)c2)C(F)(F)F)cc1.CCNC(N)=O. The molecule has 0 aromatic heterocycles. The number of ketones is 1. The average Bonchev–Trinajstić information content (AvgIpc) is 2.66. The van der Waals surface area contributed by atoms with Crippen molar-refractivity contribution < 1.29 is 22.8 Å². The number of halogens is 6. The fourth-order valence-corrected chi connectivity index (χ4v) is 2.99. The van der Waals surface area contributed by atoms with E-state index in [-0.39, 0.29) is 26.4 Å². The lowest BCUT2D eigenvalue weighted by Crippen LogP contribution is -2.28. The summed E-state index contributed by atoms with van der Waals surface area (Å²) >= 11 is 17.5. The molecule has 0 radical (unpaired) electrons. The lowest BCUT2D eigenvalue weighted by molar-refractivity contribution is -0.139. The molecule has 0 aliphatic heterocycles. The average molecular weight is 496 g/mol. The Morgan fingerprint density at radius 3 is 1.97 bits per heavy atom. The summed E-state index contributed by atoms with van der Waals surface area (Å²) in [5.74, 6) is -2.01. The number of carbonyl (C=O) groups is 2. The Morgan fingerprint density at radius 2 is 1.61 bits per heavy atom. The zero-order valence-corrected chi connectivity index (χ0v) is 18.8. The maximum absolute atomic E-state index is 13.4. The van der Waals surface area contributed by atoms with Crippen LogP contribution in [0.3, 0.4) is 0 Å². The van der Waals surface area contributed by atoms with Gasteiger partial charge >= 0.3 is 12.2 Å². The molecule has 0 aliphatic rings. The van der Waals surface area contributed by atoms with Crippen molar-refractivity contribution in [2.45, 2.75) is 25.9 Å². The summed E-state index contributed by atoms with van der Waals surface area (Å²) in [7, 11) is 0.